The molecule has 180 valence electrons. The van der Waals surface area contributed by atoms with Crippen LogP contribution in [0.25, 0.3) is 0 Å². The third-order valence-electron chi connectivity index (χ3n) is 6.22. The van der Waals surface area contributed by atoms with Gasteiger partial charge in [-0.05, 0) is 83.0 Å². The number of phenolic OH excluding ortho intramolecular Hbond substituents is 6. The van der Waals surface area contributed by atoms with Gasteiger partial charge in [-0.1, -0.05) is 30.3 Å². The lowest BCUT2D eigenvalue weighted by molar-refractivity contribution is 0.443. The summed E-state index contributed by atoms with van der Waals surface area (Å²) >= 11 is 0. The van der Waals surface area contributed by atoms with E-state index in [0.29, 0.717) is 52.6 Å². The normalized spacial score (nSPS) is 11.0. The summed E-state index contributed by atoms with van der Waals surface area (Å²) in [5.74, 6) is 0.190. The number of hydrogen-bond donors (Lipinski definition) is 6. The lowest BCUT2D eigenvalue weighted by Crippen LogP contribution is -1.98. The molecule has 0 atom stereocenters. The number of aromatic hydroxyl groups is 6. The first-order valence-electron chi connectivity index (χ1n) is 11.2. The van der Waals surface area contributed by atoms with Gasteiger partial charge in [-0.25, -0.2) is 0 Å². The van der Waals surface area contributed by atoms with Crippen molar-refractivity contribution < 1.29 is 30.6 Å². The van der Waals surface area contributed by atoms with Crippen LogP contribution in [0.15, 0.2) is 60.7 Å². The molecule has 0 spiro atoms. The lowest BCUT2D eigenvalue weighted by Gasteiger charge is -2.14. The van der Waals surface area contributed by atoms with Crippen LogP contribution in [0, 0.1) is 13.8 Å². The topological polar surface area (TPSA) is 121 Å². The van der Waals surface area contributed by atoms with E-state index >= 15 is 0 Å². The Balaban J connectivity index is 1.61. The van der Waals surface area contributed by atoms with Gasteiger partial charge in [0.1, 0.15) is 34.5 Å². The van der Waals surface area contributed by atoms with Gasteiger partial charge in [0.05, 0.1) is 0 Å². The zero-order valence-electron chi connectivity index (χ0n) is 19.6. The van der Waals surface area contributed by atoms with Crippen LogP contribution in [-0.2, 0) is 19.3 Å². The molecule has 6 heteroatoms. The van der Waals surface area contributed by atoms with Crippen molar-refractivity contribution in [1.82, 2.24) is 0 Å². The zero-order valence-corrected chi connectivity index (χ0v) is 19.6. The first-order chi connectivity index (χ1) is 16.6. The Morgan fingerprint density at radius 3 is 1.86 bits per heavy atom. The number of rotatable bonds is 6. The maximum Gasteiger partial charge on any atom is 0.122 e. The molecule has 0 fully saturated rings. The van der Waals surface area contributed by atoms with E-state index in [-0.39, 0.29) is 34.5 Å². The first kappa shape index (κ1) is 23.8. The van der Waals surface area contributed by atoms with E-state index in [1.54, 1.807) is 25.1 Å². The summed E-state index contributed by atoms with van der Waals surface area (Å²) in [5.41, 5.74) is 5.73. The quantitative estimate of drug-likeness (QED) is 0.226. The van der Waals surface area contributed by atoms with Gasteiger partial charge in [-0.2, -0.15) is 0 Å². The van der Waals surface area contributed by atoms with Crippen molar-refractivity contribution in [3.05, 3.63) is 105 Å². The van der Waals surface area contributed by atoms with E-state index in [2.05, 4.69) is 0 Å². The number of hydrogen-bond acceptors (Lipinski definition) is 6. The summed E-state index contributed by atoms with van der Waals surface area (Å²) in [5, 5.41) is 60.7. The molecular weight excluding hydrogens is 444 g/mol. The van der Waals surface area contributed by atoms with Gasteiger partial charge in [0.25, 0.3) is 0 Å². The second kappa shape index (κ2) is 9.50. The SMILES string of the molecule is Cc1cc(Cc2cc(Cc3cc(C)c(O)c(Cc4ccc(O)cc4O)c3)ccc2O)c(O)cc1O. The van der Waals surface area contributed by atoms with Crippen molar-refractivity contribution in [3.8, 4) is 34.5 Å². The van der Waals surface area contributed by atoms with Gasteiger partial charge in [-0.15, -0.1) is 0 Å². The van der Waals surface area contributed by atoms with Crippen LogP contribution in [0.3, 0.4) is 0 Å². The summed E-state index contributed by atoms with van der Waals surface area (Å²) in [6.45, 7) is 3.56. The Bertz CT molecular complexity index is 1410. The van der Waals surface area contributed by atoms with Crippen molar-refractivity contribution in [2.24, 2.45) is 0 Å². The van der Waals surface area contributed by atoms with Gasteiger partial charge < -0.3 is 30.6 Å². The molecule has 35 heavy (non-hydrogen) atoms. The predicted octanol–water partition coefficient (Wildman–Crippen LogP) is 5.31. The first-order valence-corrected chi connectivity index (χ1v) is 11.2. The highest BCUT2D eigenvalue weighted by Gasteiger charge is 2.14. The zero-order chi connectivity index (χ0) is 25.3. The largest absolute Gasteiger partial charge is 0.508 e. The number of phenols is 6. The van der Waals surface area contributed by atoms with Gasteiger partial charge in [0.2, 0.25) is 0 Å². The molecule has 6 nitrogen and oxygen atoms in total. The molecule has 0 bridgehead atoms. The molecule has 4 aromatic carbocycles. The average molecular weight is 473 g/mol. The maximum atomic E-state index is 10.6. The fraction of sp³-hybridized carbons (Fsp3) is 0.172. The molecule has 0 aliphatic carbocycles. The Morgan fingerprint density at radius 1 is 0.457 bits per heavy atom. The van der Waals surface area contributed by atoms with Crippen LogP contribution in [0.1, 0.15) is 44.5 Å². The third-order valence-corrected chi connectivity index (χ3v) is 6.22. The summed E-state index contributed by atoms with van der Waals surface area (Å²) < 4.78 is 0. The lowest BCUT2D eigenvalue weighted by atomic mass is 9.94. The fourth-order valence-electron chi connectivity index (χ4n) is 4.30. The van der Waals surface area contributed by atoms with Gasteiger partial charge in [-0.3, -0.25) is 0 Å². The highest BCUT2D eigenvalue weighted by atomic mass is 16.3. The van der Waals surface area contributed by atoms with Crippen LogP contribution in [-0.4, -0.2) is 30.6 Å². The summed E-state index contributed by atoms with van der Waals surface area (Å²) in [6.07, 6.45) is 1.14. The molecule has 0 saturated heterocycles. The second-order valence-electron chi connectivity index (χ2n) is 8.99. The van der Waals surface area contributed by atoms with Crippen molar-refractivity contribution in [2.75, 3.05) is 0 Å². The van der Waals surface area contributed by atoms with Crippen molar-refractivity contribution in [1.29, 1.82) is 0 Å². The Labute approximate surface area is 203 Å². The second-order valence-corrected chi connectivity index (χ2v) is 8.99. The van der Waals surface area contributed by atoms with E-state index in [9.17, 15) is 30.6 Å². The summed E-state index contributed by atoms with van der Waals surface area (Å²) in [6, 6.07) is 16.5. The van der Waals surface area contributed by atoms with Crippen LogP contribution in [0.2, 0.25) is 0 Å². The predicted molar refractivity (Wildman–Crippen MR) is 134 cm³/mol. The Kier molecular flexibility index (Phi) is 6.47. The third kappa shape index (κ3) is 5.27. The van der Waals surface area contributed by atoms with E-state index in [0.717, 1.165) is 11.1 Å². The molecule has 4 rings (SSSR count). The van der Waals surface area contributed by atoms with Crippen LogP contribution >= 0.6 is 0 Å². The molecule has 0 aliphatic heterocycles. The molecule has 0 saturated carbocycles. The minimum Gasteiger partial charge on any atom is -0.508 e. The Hall–Kier alpha value is -4.32. The molecule has 0 aromatic heterocycles. The van der Waals surface area contributed by atoms with Crippen LogP contribution in [0.5, 0.6) is 34.5 Å². The molecule has 0 heterocycles. The Morgan fingerprint density at radius 2 is 1.11 bits per heavy atom. The smallest absolute Gasteiger partial charge is 0.122 e. The monoisotopic (exact) mass is 472 g/mol. The van der Waals surface area contributed by atoms with Gasteiger partial charge >= 0.3 is 0 Å². The molecule has 0 radical (unpaired) electrons. The highest BCUT2D eigenvalue weighted by Crippen LogP contribution is 2.33. The fourth-order valence-corrected chi connectivity index (χ4v) is 4.30. The van der Waals surface area contributed by atoms with Gasteiger partial charge in [0.15, 0.2) is 0 Å². The molecule has 4 aromatic rings. The molecule has 6 N–H and O–H groups in total. The number of benzene rings is 4. The molecule has 0 aliphatic rings. The van der Waals surface area contributed by atoms with Crippen molar-refractivity contribution in [2.45, 2.75) is 33.1 Å². The van der Waals surface area contributed by atoms with Crippen LogP contribution < -0.4 is 0 Å². The van der Waals surface area contributed by atoms with Crippen molar-refractivity contribution in [3.63, 3.8) is 0 Å². The van der Waals surface area contributed by atoms with E-state index in [4.69, 9.17) is 0 Å². The maximum absolute atomic E-state index is 10.6. The minimum absolute atomic E-state index is 0.0170. The van der Waals surface area contributed by atoms with Gasteiger partial charge in [0, 0.05) is 25.0 Å². The van der Waals surface area contributed by atoms with Crippen molar-refractivity contribution >= 4 is 0 Å². The molecule has 0 amide bonds. The average Bonchev–Trinajstić information content (AvgIpc) is 2.79. The number of aryl methyl sites for hydroxylation is 2. The minimum atomic E-state index is -0.0386. The highest BCUT2D eigenvalue weighted by molar-refractivity contribution is 5.51. The standard InChI is InChI=1S/C29H28O6/c1-16-8-21(28(34)15-26(16)32)13-22-10-18(3-6-25(22)31)9-19-7-17(2)29(35)23(11-19)12-20-4-5-24(30)14-27(20)33/h3-8,10-11,14-15,30-35H,9,12-13H2,1-2H3. The van der Waals surface area contributed by atoms with E-state index in [1.165, 1.54) is 18.2 Å². The van der Waals surface area contributed by atoms with E-state index < -0.39 is 0 Å². The molecule has 0 unspecified atom stereocenters. The summed E-state index contributed by atoms with van der Waals surface area (Å²) in [7, 11) is 0. The molecular formula is C29H28O6. The van der Waals surface area contributed by atoms with Crippen LogP contribution in [0.4, 0.5) is 0 Å². The summed E-state index contributed by atoms with van der Waals surface area (Å²) in [4.78, 5) is 0. The van der Waals surface area contributed by atoms with E-state index in [1.807, 2.05) is 31.2 Å².